The van der Waals surface area contributed by atoms with Gasteiger partial charge in [0.1, 0.15) is 11.6 Å². The van der Waals surface area contributed by atoms with E-state index in [0.717, 1.165) is 58.4 Å². The molecule has 2 aromatic rings. The van der Waals surface area contributed by atoms with E-state index < -0.39 is 5.54 Å². The van der Waals surface area contributed by atoms with Crippen LogP contribution in [0.2, 0.25) is 0 Å². The maximum absolute atomic E-state index is 13.3. The molecule has 2 fully saturated rings. The van der Waals surface area contributed by atoms with Crippen LogP contribution >= 0.6 is 0 Å². The third kappa shape index (κ3) is 6.81. The molecule has 186 valence electrons. The number of hydrogen-bond acceptors (Lipinski definition) is 3. The van der Waals surface area contributed by atoms with Gasteiger partial charge in [-0.2, -0.15) is 0 Å². The summed E-state index contributed by atoms with van der Waals surface area (Å²) in [6, 6.07) is 12.2. The molecule has 3 atom stereocenters. The Morgan fingerprint density at radius 1 is 1.14 bits per heavy atom. The Labute approximate surface area is 206 Å². The Morgan fingerprint density at radius 3 is 2.57 bits per heavy atom. The van der Waals surface area contributed by atoms with E-state index in [2.05, 4.69) is 26.8 Å². The van der Waals surface area contributed by atoms with Crippen molar-refractivity contribution < 1.29 is 13.6 Å². The van der Waals surface area contributed by atoms with E-state index in [4.69, 9.17) is 6.42 Å². The molecule has 0 spiro atoms. The number of carbonyl (C=O) groups excluding carboxylic acids is 1. The van der Waals surface area contributed by atoms with Crippen molar-refractivity contribution in [3.63, 3.8) is 0 Å². The first kappa shape index (κ1) is 25.2. The topological polar surface area (TPSA) is 56.4 Å². The average molecular weight is 481 g/mol. The molecule has 2 heterocycles. The zero-order valence-electron chi connectivity index (χ0n) is 20.0. The summed E-state index contributed by atoms with van der Waals surface area (Å²) < 4.78 is 26.5. The second-order valence-corrected chi connectivity index (χ2v) is 9.87. The minimum absolute atomic E-state index is 0.149. The van der Waals surface area contributed by atoms with Gasteiger partial charge in [0.2, 0.25) is 0 Å². The first-order valence-electron chi connectivity index (χ1n) is 12.4. The molecule has 2 amide bonds. The highest BCUT2D eigenvalue weighted by Crippen LogP contribution is 2.31. The van der Waals surface area contributed by atoms with E-state index >= 15 is 0 Å². The van der Waals surface area contributed by atoms with Crippen LogP contribution in [0.15, 0.2) is 48.5 Å². The number of terminal acetylenes is 1. The van der Waals surface area contributed by atoms with Gasteiger partial charge in [0.15, 0.2) is 0 Å². The molecule has 0 bridgehead atoms. The minimum atomic E-state index is -0.520. The number of piperidine rings is 2. The van der Waals surface area contributed by atoms with Crippen LogP contribution in [0.4, 0.5) is 19.3 Å². The van der Waals surface area contributed by atoms with Crippen LogP contribution in [-0.4, -0.2) is 49.2 Å². The maximum atomic E-state index is 13.3. The van der Waals surface area contributed by atoms with Crippen LogP contribution in [0, 0.1) is 35.8 Å². The quantitative estimate of drug-likeness (QED) is 0.515. The number of rotatable bonds is 7. The van der Waals surface area contributed by atoms with Crippen molar-refractivity contribution in [3.05, 3.63) is 65.7 Å². The molecule has 0 saturated carbocycles. The fourth-order valence-electron chi connectivity index (χ4n) is 5.52. The molecule has 4 rings (SSSR count). The molecule has 0 radical (unpaired) electrons. The molecule has 2 aromatic carbocycles. The molecule has 35 heavy (non-hydrogen) atoms. The zero-order valence-corrected chi connectivity index (χ0v) is 20.0. The molecule has 2 saturated heterocycles. The summed E-state index contributed by atoms with van der Waals surface area (Å²) >= 11 is 0. The lowest BCUT2D eigenvalue weighted by molar-refractivity contribution is 0.0897. The zero-order chi connectivity index (χ0) is 24.7. The molecule has 0 aliphatic carbocycles. The lowest BCUT2D eigenvalue weighted by Gasteiger charge is -2.47. The number of anilines is 1. The molecule has 0 unspecified atom stereocenters. The van der Waals surface area contributed by atoms with Crippen molar-refractivity contribution in [1.82, 2.24) is 15.5 Å². The van der Waals surface area contributed by atoms with Crippen molar-refractivity contribution in [3.8, 4) is 12.3 Å². The Balaban J connectivity index is 1.41. The first-order valence-corrected chi connectivity index (χ1v) is 12.4. The summed E-state index contributed by atoms with van der Waals surface area (Å²) in [5.74, 6) is 2.91. The lowest BCUT2D eigenvalue weighted by Crippen LogP contribution is -2.63. The van der Waals surface area contributed by atoms with Gasteiger partial charge in [-0.3, -0.25) is 0 Å². The Bertz CT molecular complexity index is 1020. The maximum Gasteiger partial charge on any atom is 0.319 e. The summed E-state index contributed by atoms with van der Waals surface area (Å²) in [5, 5.41) is 9.50. The van der Waals surface area contributed by atoms with Crippen molar-refractivity contribution in [2.24, 2.45) is 11.8 Å². The van der Waals surface area contributed by atoms with Crippen LogP contribution in [0.3, 0.4) is 0 Å². The summed E-state index contributed by atoms with van der Waals surface area (Å²) in [6.45, 7) is 4.39. The number of carbonyl (C=O) groups is 1. The molecule has 0 aromatic heterocycles. The van der Waals surface area contributed by atoms with Crippen molar-refractivity contribution in [1.29, 1.82) is 0 Å². The number of nitrogens with one attached hydrogen (secondary N) is 3. The number of likely N-dealkylation sites (tertiary alicyclic amines) is 1. The molecule has 5 nitrogen and oxygen atoms in total. The van der Waals surface area contributed by atoms with Crippen LogP contribution in [0.5, 0.6) is 0 Å². The third-order valence-corrected chi connectivity index (χ3v) is 7.32. The molecular formula is C28H34F2N4O. The summed E-state index contributed by atoms with van der Waals surface area (Å²) in [6.07, 6.45) is 10.2. The van der Waals surface area contributed by atoms with Crippen molar-refractivity contribution in [2.45, 2.75) is 37.6 Å². The predicted molar refractivity (Wildman–Crippen MR) is 135 cm³/mol. The molecule has 2 aliphatic heterocycles. The van der Waals surface area contributed by atoms with E-state index in [0.29, 0.717) is 18.0 Å². The van der Waals surface area contributed by atoms with E-state index in [1.807, 2.05) is 12.1 Å². The second kappa shape index (κ2) is 11.7. The van der Waals surface area contributed by atoms with Gasteiger partial charge >= 0.3 is 6.03 Å². The Kier molecular flexibility index (Phi) is 8.37. The van der Waals surface area contributed by atoms with Gasteiger partial charge in [0.25, 0.3) is 0 Å². The normalized spacial score (nSPS) is 24.9. The Morgan fingerprint density at radius 2 is 1.86 bits per heavy atom. The average Bonchev–Trinajstić information content (AvgIpc) is 2.84. The SMILES string of the molecule is C#CC[C@@]1(NC(=O)Nc2ccc(F)cc2)CCNC[C@@H]1CN1CCC[C@@H](Cc2ccc(F)cc2)C1. The van der Waals surface area contributed by atoms with Crippen LogP contribution in [-0.2, 0) is 6.42 Å². The number of hydrogen-bond donors (Lipinski definition) is 3. The first-order chi connectivity index (χ1) is 17.0. The third-order valence-electron chi connectivity index (χ3n) is 7.32. The van der Waals surface area contributed by atoms with Crippen LogP contribution < -0.4 is 16.0 Å². The predicted octanol–water partition coefficient (Wildman–Crippen LogP) is 4.41. The number of benzene rings is 2. The van der Waals surface area contributed by atoms with Gasteiger partial charge in [0.05, 0.1) is 5.54 Å². The Hall–Kier alpha value is -2.95. The summed E-state index contributed by atoms with van der Waals surface area (Å²) in [4.78, 5) is 15.4. The number of amides is 2. The minimum Gasteiger partial charge on any atom is -0.331 e. The highest BCUT2D eigenvalue weighted by Gasteiger charge is 2.42. The van der Waals surface area contributed by atoms with Crippen LogP contribution in [0.1, 0.15) is 31.2 Å². The largest absolute Gasteiger partial charge is 0.331 e. The van der Waals surface area contributed by atoms with E-state index in [1.165, 1.54) is 42.0 Å². The second-order valence-electron chi connectivity index (χ2n) is 9.87. The molecule has 2 aliphatic rings. The number of nitrogens with zero attached hydrogens (tertiary/aromatic N) is 1. The molecular weight excluding hydrogens is 446 g/mol. The van der Waals surface area contributed by atoms with E-state index in [1.54, 1.807) is 0 Å². The van der Waals surface area contributed by atoms with Gasteiger partial charge in [0, 0.05) is 37.7 Å². The highest BCUT2D eigenvalue weighted by atomic mass is 19.1. The van der Waals surface area contributed by atoms with Gasteiger partial charge in [-0.15, -0.1) is 12.3 Å². The molecule has 7 heteroatoms. The van der Waals surface area contributed by atoms with Gasteiger partial charge < -0.3 is 20.9 Å². The fraction of sp³-hybridized carbons (Fsp3) is 0.464. The molecule has 3 N–H and O–H groups in total. The van der Waals surface area contributed by atoms with E-state index in [9.17, 15) is 13.6 Å². The summed E-state index contributed by atoms with van der Waals surface area (Å²) in [7, 11) is 0. The van der Waals surface area contributed by atoms with Gasteiger partial charge in [-0.05, 0) is 86.7 Å². The lowest BCUT2D eigenvalue weighted by atomic mass is 9.75. The standard InChI is InChI=1S/C28H34F2N4O/c1-2-13-28(33-27(35)32-26-11-9-25(30)10-12-26)14-15-31-18-23(28)20-34-16-3-4-22(19-34)17-21-5-7-24(29)8-6-21/h1,5-12,22-23,31H,3-4,13-20H2,(H2,32,33,35)/t22-,23+,28+/m0/s1. The number of halogens is 2. The van der Waals surface area contributed by atoms with Gasteiger partial charge in [-0.25, -0.2) is 13.6 Å². The van der Waals surface area contributed by atoms with Crippen molar-refractivity contribution >= 4 is 11.7 Å². The van der Waals surface area contributed by atoms with Gasteiger partial charge in [-0.1, -0.05) is 12.1 Å². The summed E-state index contributed by atoms with van der Waals surface area (Å²) in [5.41, 5.74) is 1.18. The smallest absolute Gasteiger partial charge is 0.319 e. The fourth-order valence-corrected chi connectivity index (χ4v) is 5.52. The van der Waals surface area contributed by atoms with Crippen LogP contribution in [0.25, 0.3) is 0 Å². The highest BCUT2D eigenvalue weighted by molar-refractivity contribution is 5.89. The van der Waals surface area contributed by atoms with Crippen molar-refractivity contribution in [2.75, 3.05) is 38.0 Å². The van der Waals surface area contributed by atoms with E-state index in [-0.39, 0.29) is 23.6 Å². The number of urea groups is 1. The monoisotopic (exact) mass is 480 g/mol.